The van der Waals surface area contributed by atoms with E-state index < -0.39 is 0 Å². The third-order valence-electron chi connectivity index (χ3n) is 7.88. The summed E-state index contributed by atoms with van der Waals surface area (Å²) < 4.78 is 2.18. The van der Waals surface area contributed by atoms with Crippen LogP contribution in [0, 0.1) is 37.0 Å². The molecular weight excluding hydrogens is 416 g/mol. The van der Waals surface area contributed by atoms with E-state index in [1.807, 2.05) is 38.1 Å². The van der Waals surface area contributed by atoms with Gasteiger partial charge in [0.2, 0.25) is 5.91 Å². The highest BCUT2D eigenvalue weighted by atomic mass is 32.2. The fraction of sp³-hybridized carbons (Fsp3) is 0.577. The molecule has 0 unspecified atom stereocenters. The molecule has 0 aliphatic heterocycles. The van der Waals surface area contributed by atoms with E-state index in [1.165, 1.54) is 50.3 Å². The summed E-state index contributed by atoms with van der Waals surface area (Å²) >= 11 is 1.47. The summed E-state index contributed by atoms with van der Waals surface area (Å²) in [5.74, 6) is 4.17. The standard InChI is InChI=1S/C26H34N4OS/c1-4-8-30-22(15-26-12-19-9-20(13-26)11-21(10-19)14-26)28-29-25(30)32-16-23(31)27-24-17(2)6-5-7-18(24)3/h4-7,19-21H,1,8-16H2,2-3H3,(H,27,31). The first-order valence-corrected chi connectivity index (χ1v) is 12.9. The number of hydrogen-bond donors (Lipinski definition) is 1. The molecule has 0 spiro atoms. The first-order chi connectivity index (χ1) is 15.4. The van der Waals surface area contributed by atoms with Crippen molar-refractivity contribution < 1.29 is 4.79 Å². The van der Waals surface area contributed by atoms with Crippen molar-refractivity contribution in [1.29, 1.82) is 0 Å². The van der Waals surface area contributed by atoms with Crippen LogP contribution in [-0.2, 0) is 17.8 Å². The van der Waals surface area contributed by atoms with Gasteiger partial charge < -0.3 is 9.88 Å². The molecule has 170 valence electrons. The lowest BCUT2D eigenvalue weighted by molar-refractivity contribution is -0.113. The topological polar surface area (TPSA) is 59.8 Å². The summed E-state index contributed by atoms with van der Waals surface area (Å²) in [6.07, 6.45) is 11.4. The van der Waals surface area contributed by atoms with Gasteiger partial charge in [-0.1, -0.05) is 36.0 Å². The molecule has 2 aromatic rings. The van der Waals surface area contributed by atoms with E-state index in [0.29, 0.717) is 17.7 Å². The molecule has 1 amide bonds. The number of nitrogens with one attached hydrogen (secondary N) is 1. The molecule has 4 bridgehead atoms. The highest BCUT2D eigenvalue weighted by Gasteiger charge is 2.51. The van der Waals surface area contributed by atoms with Crippen molar-refractivity contribution in [1.82, 2.24) is 14.8 Å². The largest absolute Gasteiger partial charge is 0.325 e. The molecule has 4 fully saturated rings. The van der Waals surface area contributed by atoms with Gasteiger partial charge in [0.25, 0.3) is 0 Å². The van der Waals surface area contributed by atoms with Crippen LogP contribution in [0.25, 0.3) is 0 Å². The molecule has 0 radical (unpaired) electrons. The van der Waals surface area contributed by atoms with E-state index in [1.54, 1.807) is 0 Å². The Labute approximate surface area is 195 Å². The van der Waals surface area contributed by atoms with Gasteiger partial charge in [-0.05, 0) is 86.7 Å². The minimum atomic E-state index is -0.0109. The molecule has 6 heteroatoms. The third kappa shape index (κ3) is 4.26. The lowest BCUT2D eigenvalue weighted by Gasteiger charge is -2.56. The maximum Gasteiger partial charge on any atom is 0.234 e. The molecule has 4 aliphatic rings. The van der Waals surface area contributed by atoms with E-state index in [0.717, 1.165) is 52.0 Å². The number of nitrogens with zero attached hydrogens (tertiary/aromatic N) is 3. The molecule has 4 saturated carbocycles. The summed E-state index contributed by atoms with van der Waals surface area (Å²) in [7, 11) is 0. The number of amides is 1. The molecule has 1 aromatic heterocycles. The molecular formula is C26H34N4OS. The highest BCUT2D eigenvalue weighted by Crippen LogP contribution is 2.61. The smallest absolute Gasteiger partial charge is 0.234 e. The number of aryl methyl sites for hydroxylation is 2. The molecule has 4 aliphatic carbocycles. The normalized spacial score (nSPS) is 28.1. The molecule has 6 rings (SSSR count). The van der Waals surface area contributed by atoms with Crippen LogP contribution in [0.1, 0.15) is 55.5 Å². The summed E-state index contributed by atoms with van der Waals surface area (Å²) in [5, 5.41) is 13.0. The van der Waals surface area contributed by atoms with E-state index >= 15 is 0 Å². The predicted octanol–water partition coefficient (Wildman–Crippen LogP) is 5.57. The van der Waals surface area contributed by atoms with Gasteiger partial charge in [-0.15, -0.1) is 16.8 Å². The zero-order chi connectivity index (χ0) is 22.3. The number of hydrogen-bond acceptors (Lipinski definition) is 4. The first kappa shape index (κ1) is 21.7. The van der Waals surface area contributed by atoms with Crippen molar-refractivity contribution in [2.75, 3.05) is 11.1 Å². The first-order valence-electron chi connectivity index (χ1n) is 12.0. The number of rotatable bonds is 8. The van der Waals surface area contributed by atoms with Gasteiger partial charge >= 0.3 is 0 Å². The van der Waals surface area contributed by atoms with E-state index in [4.69, 9.17) is 0 Å². The molecule has 32 heavy (non-hydrogen) atoms. The quantitative estimate of drug-likeness (QED) is 0.422. The fourth-order valence-corrected chi connectivity index (χ4v) is 7.79. The van der Waals surface area contributed by atoms with Gasteiger partial charge in [0.05, 0.1) is 5.75 Å². The molecule has 0 atom stereocenters. The van der Waals surface area contributed by atoms with Crippen LogP contribution in [0.3, 0.4) is 0 Å². The molecule has 1 heterocycles. The lowest BCUT2D eigenvalue weighted by Crippen LogP contribution is -2.47. The van der Waals surface area contributed by atoms with Crippen molar-refractivity contribution in [3.8, 4) is 0 Å². The van der Waals surface area contributed by atoms with Gasteiger partial charge in [0.1, 0.15) is 5.82 Å². The van der Waals surface area contributed by atoms with Crippen LogP contribution in [-0.4, -0.2) is 26.4 Å². The number of allylic oxidation sites excluding steroid dienone is 1. The third-order valence-corrected chi connectivity index (χ3v) is 8.85. The van der Waals surface area contributed by atoms with E-state index in [9.17, 15) is 4.79 Å². The van der Waals surface area contributed by atoms with Crippen LogP contribution < -0.4 is 5.32 Å². The Bertz CT molecular complexity index is 971. The Balaban J connectivity index is 1.27. The number of thioether (sulfide) groups is 1. The van der Waals surface area contributed by atoms with E-state index in [2.05, 4.69) is 26.7 Å². The van der Waals surface area contributed by atoms with Crippen LogP contribution in [0.15, 0.2) is 36.0 Å². The monoisotopic (exact) mass is 450 g/mol. The number of benzene rings is 1. The van der Waals surface area contributed by atoms with Crippen molar-refractivity contribution in [3.05, 3.63) is 47.8 Å². The van der Waals surface area contributed by atoms with Crippen molar-refractivity contribution in [2.45, 2.75) is 70.5 Å². The average Bonchev–Trinajstić information content (AvgIpc) is 3.09. The highest BCUT2D eigenvalue weighted by molar-refractivity contribution is 7.99. The lowest BCUT2D eigenvalue weighted by atomic mass is 9.49. The SMILES string of the molecule is C=CCn1c(CC23CC4CC(CC(C4)C2)C3)nnc1SCC(=O)Nc1c(C)cccc1C. The number of anilines is 1. The van der Waals surface area contributed by atoms with Crippen molar-refractivity contribution >= 4 is 23.4 Å². The van der Waals surface area contributed by atoms with Gasteiger partial charge in [-0.2, -0.15) is 0 Å². The summed E-state index contributed by atoms with van der Waals surface area (Å²) in [6.45, 7) is 8.68. The zero-order valence-electron chi connectivity index (χ0n) is 19.3. The second-order valence-corrected chi connectivity index (χ2v) is 11.4. The van der Waals surface area contributed by atoms with E-state index in [-0.39, 0.29) is 5.91 Å². The van der Waals surface area contributed by atoms with Gasteiger partial charge in [-0.3, -0.25) is 4.79 Å². The summed E-state index contributed by atoms with van der Waals surface area (Å²) in [4.78, 5) is 12.7. The number of carbonyl (C=O) groups is 1. The maximum absolute atomic E-state index is 12.7. The Morgan fingerprint density at radius 3 is 2.38 bits per heavy atom. The maximum atomic E-state index is 12.7. The average molecular weight is 451 g/mol. The molecule has 5 nitrogen and oxygen atoms in total. The van der Waals surface area contributed by atoms with Gasteiger partial charge in [0.15, 0.2) is 5.16 Å². The number of aromatic nitrogens is 3. The molecule has 0 saturated heterocycles. The van der Waals surface area contributed by atoms with Crippen molar-refractivity contribution in [2.24, 2.45) is 23.2 Å². The predicted molar refractivity (Wildman–Crippen MR) is 130 cm³/mol. The number of para-hydroxylation sites is 1. The Kier molecular flexibility index (Phi) is 5.91. The van der Waals surface area contributed by atoms with Crippen LogP contribution in [0.2, 0.25) is 0 Å². The second-order valence-electron chi connectivity index (χ2n) is 10.5. The Hall–Kier alpha value is -2.08. The molecule has 1 aromatic carbocycles. The Morgan fingerprint density at radius 2 is 1.78 bits per heavy atom. The zero-order valence-corrected chi connectivity index (χ0v) is 20.1. The summed E-state index contributed by atoms with van der Waals surface area (Å²) in [5.41, 5.74) is 3.49. The Morgan fingerprint density at radius 1 is 1.16 bits per heavy atom. The summed E-state index contributed by atoms with van der Waals surface area (Å²) in [6, 6.07) is 6.05. The second kappa shape index (κ2) is 8.69. The van der Waals surface area contributed by atoms with Crippen molar-refractivity contribution in [3.63, 3.8) is 0 Å². The van der Waals surface area contributed by atoms with Crippen LogP contribution >= 0.6 is 11.8 Å². The minimum absolute atomic E-state index is 0.0109. The van der Waals surface area contributed by atoms with Crippen LogP contribution in [0.5, 0.6) is 0 Å². The fourth-order valence-electron chi connectivity index (χ4n) is 7.03. The van der Waals surface area contributed by atoms with Gasteiger partial charge in [0, 0.05) is 18.7 Å². The minimum Gasteiger partial charge on any atom is -0.325 e. The molecule has 1 N–H and O–H groups in total. The van der Waals surface area contributed by atoms with Crippen LogP contribution in [0.4, 0.5) is 5.69 Å². The number of carbonyl (C=O) groups excluding carboxylic acids is 1. The van der Waals surface area contributed by atoms with Gasteiger partial charge in [-0.25, -0.2) is 0 Å².